The number of halogens is 1. The third-order valence-electron chi connectivity index (χ3n) is 4.01. The molecule has 0 unspecified atom stereocenters. The molecule has 0 saturated carbocycles. The van der Waals surface area contributed by atoms with Crippen molar-refractivity contribution in [2.24, 2.45) is 0 Å². The van der Waals surface area contributed by atoms with Crippen LogP contribution in [0.4, 0.5) is 0 Å². The molecule has 7 heteroatoms. The van der Waals surface area contributed by atoms with Crippen LogP contribution in [0.5, 0.6) is 0 Å². The number of rotatable bonds is 7. The van der Waals surface area contributed by atoms with Crippen molar-refractivity contribution >= 4 is 23.4 Å². The summed E-state index contributed by atoms with van der Waals surface area (Å²) < 4.78 is 5.08. The third-order valence-corrected chi connectivity index (χ3v) is 4.26. The van der Waals surface area contributed by atoms with E-state index in [9.17, 15) is 9.59 Å². The van der Waals surface area contributed by atoms with E-state index in [1.165, 1.54) is 0 Å². The van der Waals surface area contributed by atoms with Gasteiger partial charge in [0.15, 0.2) is 0 Å². The normalized spacial score (nSPS) is 14.5. The fraction of sp³-hybridized carbons (Fsp3) is 0.529. The maximum atomic E-state index is 12.6. The Labute approximate surface area is 147 Å². The maximum absolute atomic E-state index is 12.6. The lowest BCUT2D eigenvalue weighted by Gasteiger charge is -2.29. The van der Waals surface area contributed by atoms with Crippen LogP contribution in [0.1, 0.15) is 16.8 Å². The largest absolute Gasteiger partial charge is 0.383 e. The predicted octanol–water partition coefficient (Wildman–Crippen LogP) is 1.25. The molecule has 2 rings (SSSR count). The van der Waals surface area contributed by atoms with Crippen molar-refractivity contribution in [2.75, 3.05) is 53.0 Å². The van der Waals surface area contributed by atoms with Gasteiger partial charge in [0.25, 0.3) is 5.91 Å². The first-order valence-corrected chi connectivity index (χ1v) is 8.52. The molecule has 0 spiro atoms. The first kappa shape index (κ1) is 18.7. The lowest BCUT2D eigenvalue weighted by molar-refractivity contribution is -0.132. The summed E-state index contributed by atoms with van der Waals surface area (Å²) in [6.07, 6.45) is 0.322. The highest BCUT2D eigenvalue weighted by Gasteiger charge is 2.20. The summed E-state index contributed by atoms with van der Waals surface area (Å²) in [5, 5.41) is 3.81. The van der Waals surface area contributed by atoms with Crippen molar-refractivity contribution in [3.63, 3.8) is 0 Å². The summed E-state index contributed by atoms with van der Waals surface area (Å²) in [7, 11) is 1.59. The Kier molecular flexibility index (Phi) is 7.49. The molecule has 0 atom stereocenters. The highest BCUT2D eigenvalue weighted by Crippen LogP contribution is 2.12. The summed E-state index contributed by atoms with van der Waals surface area (Å²) >= 11 is 5.87. The quantitative estimate of drug-likeness (QED) is 0.801. The third kappa shape index (κ3) is 5.47. The molecule has 132 valence electrons. The van der Waals surface area contributed by atoms with Crippen LogP contribution in [0.2, 0.25) is 5.02 Å². The second-order valence-electron chi connectivity index (χ2n) is 5.67. The minimum absolute atomic E-state index is 0.0859. The molecule has 1 saturated heterocycles. The van der Waals surface area contributed by atoms with Crippen LogP contribution < -0.4 is 5.32 Å². The molecule has 0 aliphatic carbocycles. The summed E-state index contributed by atoms with van der Waals surface area (Å²) in [5.41, 5.74) is 0.560. The van der Waals surface area contributed by atoms with Crippen LogP contribution in [0, 0.1) is 0 Å². The van der Waals surface area contributed by atoms with Gasteiger partial charge in [0.1, 0.15) is 0 Å². The van der Waals surface area contributed by atoms with E-state index in [0.717, 1.165) is 26.2 Å². The highest BCUT2D eigenvalue weighted by atomic mass is 35.5. The molecule has 1 fully saturated rings. The van der Waals surface area contributed by atoms with E-state index in [1.807, 2.05) is 4.90 Å². The lowest BCUT2D eigenvalue weighted by Crippen LogP contribution is -2.47. The van der Waals surface area contributed by atoms with E-state index in [2.05, 4.69) is 5.32 Å². The molecule has 1 aromatic rings. The molecule has 1 aliphatic rings. The van der Waals surface area contributed by atoms with Crippen molar-refractivity contribution in [3.05, 3.63) is 34.9 Å². The molecule has 0 bridgehead atoms. The monoisotopic (exact) mass is 353 g/mol. The van der Waals surface area contributed by atoms with Crippen LogP contribution >= 0.6 is 11.6 Å². The van der Waals surface area contributed by atoms with Crippen LogP contribution in [0.15, 0.2) is 24.3 Å². The Balaban J connectivity index is 1.95. The van der Waals surface area contributed by atoms with Gasteiger partial charge in [-0.15, -0.1) is 0 Å². The molecule has 0 aromatic heterocycles. The number of nitrogens with one attached hydrogen (secondary N) is 1. The van der Waals surface area contributed by atoms with Gasteiger partial charge in [-0.25, -0.2) is 0 Å². The Hall–Kier alpha value is -1.63. The van der Waals surface area contributed by atoms with Gasteiger partial charge >= 0.3 is 0 Å². The van der Waals surface area contributed by atoms with E-state index in [1.54, 1.807) is 36.3 Å². The zero-order valence-electron chi connectivity index (χ0n) is 14.0. The molecule has 1 aromatic carbocycles. The zero-order chi connectivity index (χ0) is 17.4. The van der Waals surface area contributed by atoms with Crippen molar-refractivity contribution in [3.8, 4) is 0 Å². The summed E-state index contributed by atoms with van der Waals surface area (Å²) in [5.74, 6) is -0.0281. The number of ether oxygens (including phenoxy) is 1. The molecule has 2 amide bonds. The number of amides is 2. The molecule has 1 N–H and O–H groups in total. The molecular formula is C17H24ClN3O3. The summed E-state index contributed by atoms with van der Waals surface area (Å²) in [4.78, 5) is 28.4. The lowest BCUT2D eigenvalue weighted by atomic mass is 10.2. The van der Waals surface area contributed by atoms with Gasteiger partial charge in [-0.1, -0.05) is 11.6 Å². The average Bonchev–Trinajstić information content (AvgIpc) is 2.62. The maximum Gasteiger partial charge on any atom is 0.253 e. The van der Waals surface area contributed by atoms with Gasteiger partial charge in [0, 0.05) is 63.4 Å². The topological polar surface area (TPSA) is 61.9 Å². The summed E-state index contributed by atoms with van der Waals surface area (Å²) in [6, 6.07) is 6.77. The molecule has 0 radical (unpaired) electrons. The van der Waals surface area contributed by atoms with Gasteiger partial charge < -0.3 is 19.9 Å². The van der Waals surface area contributed by atoms with Crippen LogP contribution in [0.25, 0.3) is 0 Å². The fourth-order valence-electron chi connectivity index (χ4n) is 2.59. The highest BCUT2D eigenvalue weighted by molar-refractivity contribution is 6.30. The van der Waals surface area contributed by atoms with Crippen LogP contribution in [-0.2, 0) is 9.53 Å². The van der Waals surface area contributed by atoms with Gasteiger partial charge in [0.05, 0.1) is 6.61 Å². The molecule has 6 nitrogen and oxygen atoms in total. The fourth-order valence-corrected chi connectivity index (χ4v) is 2.72. The molecule has 1 heterocycles. The predicted molar refractivity (Wildman–Crippen MR) is 93.3 cm³/mol. The smallest absolute Gasteiger partial charge is 0.253 e. The van der Waals surface area contributed by atoms with Crippen molar-refractivity contribution in [1.29, 1.82) is 0 Å². The van der Waals surface area contributed by atoms with E-state index < -0.39 is 0 Å². The number of methoxy groups -OCH3 is 1. The number of piperazine rings is 1. The Morgan fingerprint density at radius 2 is 1.88 bits per heavy atom. The van der Waals surface area contributed by atoms with E-state index >= 15 is 0 Å². The van der Waals surface area contributed by atoms with Crippen molar-refractivity contribution in [1.82, 2.24) is 15.1 Å². The van der Waals surface area contributed by atoms with Gasteiger partial charge in [-0.05, 0) is 24.3 Å². The number of carbonyl (C=O) groups excluding carboxylic acids is 2. The molecule has 24 heavy (non-hydrogen) atoms. The number of hydrogen-bond acceptors (Lipinski definition) is 4. The Bertz CT molecular complexity index is 545. The SMILES string of the molecule is COCCN(CCC(=O)N1CCNCC1)C(=O)c1ccc(Cl)cc1. The second-order valence-corrected chi connectivity index (χ2v) is 6.11. The van der Waals surface area contributed by atoms with E-state index in [4.69, 9.17) is 16.3 Å². The molecule has 1 aliphatic heterocycles. The van der Waals surface area contributed by atoms with Gasteiger partial charge in [-0.2, -0.15) is 0 Å². The number of hydrogen-bond donors (Lipinski definition) is 1. The first-order chi connectivity index (χ1) is 11.6. The first-order valence-electron chi connectivity index (χ1n) is 8.14. The second kappa shape index (κ2) is 9.61. The Morgan fingerprint density at radius 3 is 2.50 bits per heavy atom. The van der Waals surface area contributed by atoms with Gasteiger partial charge in [-0.3, -0.25) is 9.59 Å². The van der Waals surface area contributed by atoms with Crippen molar-refractivity contribution < 1.29 is 14.3 Å². The zero-order valence-corrected chi connectivity index (χ0v) is 14.7. The number of carbonyl (C=O) groups is 2. The van der Waals surface area contributed by atoms with Gasteiger partial charge in [0.2, 0.25) is 5.91 Å². The Morgan fingerprint density at radius 1 is 1.21 bits per heavy atom. The number of benzene rings is 1. The van der Waals surface area contributed by atoms with Crippen LogP contribution in [0.3, 0.4) is 0 Å². The minimum Gasteiger partial charge on any atom is -0.383 e. The molecular weight excluding hydrogens is 330 g/mol. The van der Waals surface area contributed by atoms with E-state index in [0.29, 0.717) is 36.7 Å². The van der Waals surface area contributed by atoms with Crippen LogP contribution in [-0.4, -0.2) is 74.6 Å². The average molecular weight is 354 g/mol. The van der Waals surface area contributed by atoms with Crippen molar-refractivity contribution in [2.45, 2.75) is 6.42 Å². The minimum atomic E-state index is -0.114. The van der Waals surface area contributed by atoms with E-state index in [-0.39, 0.29) is 11.8 Å². The standard InChI is InChI=1S/C17H24ClN3O3/c1-24-13-12-21(17(23)14-2-4-15(18)5-3-14)9-6-16(22)20-10-7-19-8-11-20/h2-5,19H,6-13H2,1H3. The number of nitrogens with zero attached hydrogens (tertiary/aromatic N) is 2. The summed E-state index contributed by atoms with van der Waals surface area (Å²) in [6.45, 7) is 4.36.